The Bertz CT molecular complexity index is 1070. The molecule has 3 aliphatic heterocycles. The van der Waals surface area contributed by atoms with Crippen LogP contribution in [0.1, 0.15) is 44.1 Å². The van der Waals surface area contributed by atoms with Gasteiger partial charge < -0.3 is 59.1 Å². The summed E-state index contributed by atoms with van der Waals surface area (Å²) >= 11 is 0. The van der Waals surface area contributed by atoms with Crippen molar-refractivity contribution < 1.29 is 68.6 Å². The summed E-state index contributed by atoms with van der Waals surface area (Å²) in [6.07, 6.45) is -15.1. The van der Waals surface area contributed by atoms with Crippen LogP contribution in [-0.2, 0) is 44.4 Å². The minimum absolute atomic E-state index is 0.0578. The maximum atomic E-state index is 13.1. The molecule has 0 unspecified atom stereocenters. The number of carbonyl (C=O) groups excluding carboxylic acids is 1. The van der Waals surface area contributed by atoms with Crippen LogP contribution in [0.15, 0.2) is 30.3 Å². The molecule has 6 N–H and O–H groups in total. The predicted molar refractivity (Wildman–Crippen MR) is 142 cm³/mol. The molecule has 0 amide bonds. The van der Waals surface area contributed by atoms with Crippen molar-refractivity contribution in [3.8, 4) is 0 Å². The van der Waals surface area contributed by atoms with E-state index < -0.39 is 98.3 Å². The number of hydrogen-bond acceptors (Lipinski definition) is 13. The van der Waals surface area contributed by atoms with Crippen molar-refractivity contribution in [2.24, 2.45) is 0 Å². The van der Waals surface area contributed by atoms with Crippen molar-refractivity contribution in [1.29, 1.82) is 0 Å². The molecular formula is C29H40O14. The lowest BCUT2D eigenvalue weighted by molar-refractivity contribution is -0.344. The summed E-state index contributed by atoms with van der Waals surface area (Å²) in [4.78, 5) is 25.4. The Kier molecular flexibility index (Phi) is 10.7. The molecule has 13 atom stereocenters. The Morgan fingerprint density at radius 1 is 0.837 bits per heavy atom. The summed E-state index contributed by atoms with van der Waals surface area (Å²) < 4.78 is 35.7. The summed E-state index contributed by atoms with van der Waals surface area (Å²) in [5.41, 5.74) is 0.658. The van der Waals surface area contributed by atoms with Crippen LogP contribution in [0.25, 0.3) is 0 Å². The first-order chi connectivity index (χ1) is 20.7. The number of ether oxygens (including phenoxy) is 6. The Balaban J connectivity index is 1.46. The second-order valence-corrected chi connectivity index (χ2v) is 11.5. The van der Waals surface area contributed by atoms with Crippen molar-refractivity contribution in [3.63, 3.8) is 0 Å². The molecule has 0 aromatic heterocycles. The lowest BCUT2D eigenvalue weighted by Crippen LogP contribution is -2.63. The Morgan fingerprint density at radius 2 is 1.49 bits per heavy atom. The van der Waals surface area contributed by atoms with Gasteiger partial charge in [0.1, 0.15) is 36.6 Å². The van der Waals surface area contributed by atoms with Gasteiger partial charge >= 0.3 is 11.9 Å². The van der Waals surface area contributed by atoms with Crippen LogP contribution >= 0.6 is 0 Å². The molecule has 1 saturated carbocycles. The highest BCUT2D eigenvalue weighted by Gasteiger charge is 2.52. The van der Waals surface area contributed by atoms with Crippen LogP contribution in [0, 0.1) is 0 Å². The summed E-state index contributed by atoms with van der Waals surface area (Å²) in [6.45, 7) is -0.665. The van der Waals surface area contributed by atoms with Crippen LogP contribution in [-0.4, -0.2) is 129 Å². The molecule has 0 spiro atoms. The van der Waals surface area contributed by atoms with Crippen LogP contribution in [0.2, 0.25) is 0 Å². The average Bonchev–Trinajstić information content (AvgIpc) is 3.01. The number of fused-ring (bicyclic) bond motifs is 4. The highest BCUT2D eigenvalue weighted by molar-refractivity contribution is 5.73. The quantitative estimate of drug-likeness (QED) is 0.213. The van der Waals surface area contributed by atoms with E-state index in [1.807, 2.05) is 0 Å². The minimum atomic E-state index is -1.59. The predicted octanol–water partition coefficient (Wildman–Crippen LogP) is -0.997. The molecule has 1 aromatic carbocycles. The molecule has 4 aliphatic rings. The molecule has 14 heteroatoms. The number of esters is 1. The van der Waals surface area contributed by atoms with Crippen molar-refractivity contribution in [3.05, 3.63) is 35.9 Å². The Labute approximate surface area is 248 Å². The number of aliphatic carboxylic acids is 1. The van der Waals surface area contributed by atoms with E-state index in [1.54, 1.807) is 30.3 Å². The summed E-state index contributed by atoms with van der Waals surface area (Å²) in [5, 5.41) is 62.7. The van der Waals surface area contributed by atoms with E-state index in [4.69, 9.17) is 28.4 Å². The highest BCUT2D eigenvalue weighted by Crippen LogP contribution is 2.35. The van der Waals surface area contributed by atoms with E-state index in [0.717, 1.165) is 12.8 Å². The third kappa shape index (κ3) is 7.36. The molecule has 4 fully saturated rings. The van der Waals surface area contributed by atoms with Gasteiger partial charge in [-0.3, -0.25) is 4.79 Å². The first-order valence-corrected chi connectivity index (χ1v) is 14.7. The van der Waals surface area contributed by atoms with Gasteiger partial charge in [0.15, 0.2) is 24.8 Å². The molecule has 240 valence electrons. The fourth-order valence-corrected chi connectivity index (χ4v) is 6.10. The van der Waals surface area contributed by atoms with Gasteiger partial charge in [-0.25, -0.2) is 4.79 Å². The molecule has 3 heterocycles. The van der Waals surface area contributed by atoms with Crippen molar-refractivity contribution in [2.75, 3.05) is 6.61 Å². The number of carboxylic acids is 1. The van der Waals surface area contributed by atoms with E-state index in [1.165, 1.54) is 0 Å². The molecule has 0 radical (unpaired) electrons. The Morgan fingerprint density at radius 3 is 2.14 bits per heavy atom. The zero-order chi connectivity index (χ0) is 30.7. The first-order valence-electron chi connectivity index (χ1n) is 14.7. The number of hydrogen-bond donors (Lipinski definition) is 6. The third-order valence-electron chi connectivity index (χ3n) is 8.49. The average molecular weight is 613 g/mol. The van der Waals surface area contributed by atoms with E-state index in [2.05, 4.69) is 0 Å². The lowest BCUT2D eigenvalue weighted by atomic mass is 9.93. The summed E-state index contributed by atoms with van der Waals surface area (Å²) in [5.74, 6) is -2.14. The number of benzene rings is 1. The molecule has 1 aliphatic carbocycles. The lowest BCUT2D eigenvalue weighted by Gasteiger charge is -2.46. The van der Waals surface area contributed by atoms with Crippen molar-refractivity contribution >= 4 is 11.9 Å². The van der Waals surface area contributed by atoms with Crippen molar-refractivity contribution in [2.45, 2.75) is 125 Å². The fraction of sp³-hybridized carbons (Fsp3) is 0.724. The number of rotatable bonds is 6. The van der Waals surface area contributed by atoms with Gasteiger partial charge in [0.2, 0.25) is 0 Å². The molecular weight excluding hydrogens is 572 g/mol. The zero-order valence-electron chi connectivity index (χ0n) is 23.5. The highest BCUT2D eigenvalue weighted by atomic mass is 16.7. The fourth-order valence-electron chi connectivity index (χ4n) is 6.10. The molecule has 43 heavy (non-hydrogen) atoms. The number of aliphatic hydroxyl groups is 5. The Hall–Kier alpha value is -2.24. The van der Waals surface area contributed by atoms with E-state index in [9.17, 15) is 40.2 Å². The SMILES string of the molecule is O=C1CC[C@@H]2O[C@@H](O[C@@H]3CCCC[C@H]3O[C@H]3O[C@H](CO)[C@H](O)[C@H](O[C@@H](Cc4ccccc4)C(=O)O)[C@@H]3O1)[C@@H](O)[C@H](O)[C@@H]2O. The largest absolute Gasteiger partial charge is 0.479 e. The summed E-state index contributed by atoms with van der Waals surface area (Å²) in [6, 6.07) is 8.73. The second kappa shape index (κ2) is 14.2. The second-order valence-electron chi connectivity index (χ2n) is 11.5. The smallest absolute Gasteiger partial charge is 0.333 e. The minimum Gasteiger partial charge on any atom is -0.479 e. The van der Waals surface area contributed by atoms with E-state index in [-0.39, 0.29) is 19.3 Å². The van der Waals surface area contributed by atoms with Gasteiger partial charge in [0, 0.05) is 12.8 Å². The first kappa shape index (κ1) is 32.2. The maximum Gasteiger partial charge on any atom is 0.333 e. The van der Waals surface area contributed by atoms with E-state index >= 15 is 0 Å². The topological polar surface area (TPSA) is 211 Å². The van der Waals surface area contributed by atoms with Gasteiger partial charge in [0.25, 0.3) is 0 Å². The maximum absolute atomic E-state index is 13.1. The molecule has 5 rings (SSSR count). The normalized spacial score (nSPS) is 41.3. The van der Waals surface area contributed by atoms with E-state index in [0.29, 0.717) is 18.4 Å². The number of carbonyl (C=O) groups is 2. The molecule has 2 bridgehead atoms. The monoisotopic (exact) mass is 612 g/mol. The van der Waals surface area contributed by atoms with Crippen LogP contribution < -0.4 is 0 Å². The number of aliphatic hydroxyl groups excluding tert-OH is 5. The van der Waals surface area contributed by atoms with Gasteiger partial charge in [0.05, 0.1) is 24.9 Å². The summed E-state index contributed by atoms with van der Waals surface area (Å²) in [7, 11) is 0. The molecule has 14 nitrogen and oxygen atoms in total. The van der Waals surface area contributed by atoms with Gasteiger partial charge in [-0.2, -0.15) is 0 Å². The van der Waals surface area contributed by atoms with Gasteiger partial charge in [-0.15, -0.1) is 0 Å². The zero-order valence-corrected chi connectivity index (χ0v) is 23.5. The van der Waals surface area contributed by atoms with Gasteiger partial charge in [-0.05, 0) is 24.8 Å². The number of carboxylic acid groups (broad SMARTS) is 1. The van der Waals surface area contributed by atoms with Gasteiger partial charge in [-0.1, -0.05) is 43.2 Å². The molecule has 3 saturated heterocycles. The van der Waals surface area contributed by atoms with Crippen molar-refractivity contribution in [1.82, 2.24) is 0 Å². The standard InChI is InChI=1S/C29H40O14/c30-13-19-22(33)25(38-18(27(36)37)12-14-6-2-1-3-7-14)26-29(42-19)40-16-9-5-4-8-15(16)39-28-24(35)23(34)21(32)17(41-28)10-11-20(31)43-26/h1-3,6-7,15-19,21-26,28-30,32-35H,4-5,8-13H2,(H,36,37)/t15-,16-,17+,18+,19-,21-,22+,23-,24+,25+,26+,28-,29+/m1/s1. The third-order valence-corrected chi connectivity index (χ3v) is 8.49. The van der Waals surface area contributed by atoms with Crippen LogP contribution in [0.4, 0.5) is 0 Å². The molecule has 1 aromatic rings. The van der Waals surface area contributed by atoms with Crippen LogP contribution in [0.3, 0.4) is 0 Å². The van der Waals surface area contributed by atoms with Crippen LogP contribution in [0.5, 0.6) is 0 Å².